The first-order chi connectivity index (χ1) is 15.6. The van der Waals surface area contributed by atoms with Gasteiger partial charge in [0.1, 0.15) is 12.6 Å². The van der Waals surface area contributed by atoms with E-state index in [0.29, 0.717) is 13.1 Å². The van der Waals surface area contributed by atoms with Gasteiger partial charge in [-0.2, -0.15) is 0 Å². The van der Waals surface area contributed by atoms with Gasteiger partial charge in [-0.3, -0.25) is 14.5 Å². The molecule has 1 saturated heterocycles. The van der Waals surface area contributed by atoms with Gasteiger partial charge in [-0.1, -0.05) is 72.3 Å². The number of hydrogen-bond acceptors (Lipinski definition) is 3. The van der Waals surface area contributed by atoms with Crippen molar-refractivity contribution in [2.45, 2.75) is 44.7 Å². The average Bonchev–Trinajstić information content (AvgIpc) is 3.05. The molecule has 0 saturated carbocycles. The maximum absolute atomic E-state index is 13.2. The SMILES string of the molecule is O=C(CN1C(=O)C(c2ccccc2)N(Cc2ccccc2)C1=O)NCCC1=CCCCC1. The van der Waals surface area contributed by atoms with Crippen molar-refractivity contribution in [3.63, 3.8) is 0 Å². The van der Waals surface area contributed by atoms with E-state index in [2.05, 4.69) is 11.4 Å². The molecule has 166 valence electrons. The van der Waals surface area contributed by atoms with E-state index in [4.69, 9.17) is 0 Å². The van der Waals surface area contributed by atoms with Crippen molar-refractivity contribution in [3.05, 3.63) is 83.4 Å². The summed E-state index contributed by atoms with van der Waals surface area (Å²) in [4.78, 5) is 41.6. The van der Waals surface area contributed by atoms with Crippen molar-refractivity contribution in [3.8, 4) is 0 Å². The van der Waals surface area contributed by atoms with Crippen LogP contribution in [-0.2, 0) is 16.1 Å². The molecule has 6 heteroatoms. The standard InChI is InChI=1S/C26H29N3O3/c30-23(27-17-16-20-10-4-1-5-11-20)19-29-25(31)24(22-14-8-3-9-15-22)28(26(29)32)18-21-12-6-2-7-13-21/h2-3,6-10,12-15,24H,1,4-5,11,16-19H2,(H,27,30). The predicted molar refractivity (Wildman–Crippen MR) is 122 cm³/mol. The Morgan fingerprint density at radius 3 is 2.38 bits per heavy atom. The lowest BCUT2D eigenvalue weighted by Crippen LogP contribution is -2.41. The fourth-order valence-corrected chi connectivity index (χ4v) is 4.38. The molecule has 2 aliphatic rings. The molecule has 1 fully saturated rings. The number of nitrogens with zero attached hydrogens (tertiary/aromatic N) is 2. The van der Waals surface area contributed by atoms with E-state index < -0.39 is 12.1 Å². The zero-order valence-corrected chi connectivity index (χ0v) is 18.2. The molecule has 2 aromatic carbocycles. The van der Waals surface area contributed by atoms with Crippen LogP contribution < -0.4 is 5.32 Å². The van der Waals surface area contributed by atoms with Crippen molar-refractivity contribution < 1.29 is 14.4 Å². The van der Waals surface area contributed by atoms with E-state index in [9.17, 15) is 14.4 Å². The number of hydrogen-bond donors (Lipinski definition) is 1. The summed E-state index contributed by atoms with van der Waals surface area (Å²) in [6, 6.07) is 17.7. The fourth-order valence-electron chi connectivity index (χ4n) is 4.38. The monoisotopic (exact) mass is 431 g/mol. The quantitative estimate of drug-likeness (QED) is 0.503. The van der Waals surface area contributed by atoms with Crippen molar-refractivity contribution in [1.82, 2.24) is 15.1 Å². The number of carbonyl (C=O) groups excluding carboxylic acids is 3. The number of carbonyl (C=O) groups is 3. The topological polar surface area (TPSA) is 69.7 Å². The van der Waals surface area contributed by atoms with Gasteiger partial charge in [0.05, 0.1) is 0 Å². The number of allylic oxidation sites excluding steroid dienone is 1. The van der Waals surface area contributed by atoms with E-state index in [0.717, 1.165) is 35.3 Å². The maximum Gasteiger partial charge on any atom is 0.328 e. The van der Waals surface area contributed by atoms with Gasteiger partial charge in [0, 0.05) is 13.1 Å². The largest absolute Gasteiger partial charge is 0.354 e. The van der Waals surface area contributed by atoms with Crippen LogP contribution in [0.5, 0.6) is 0 Å². The predicted octanol–water partition coefficient (Wildman–Crippen LogP) is 4.20. The lowest BCUT2D eigenvalue weighted by atomic mass is 9.97. The lowest BCUT2D eigenvalue weighted by molar-refractivity contribution is -0.132. The van der Waals surface area contributed by atoms with Gasteiger partial charge in [0.15, 0.2) is 0 Å². The minimum absolute atomic E-state index is 0.259. The van der Waals surface area contributed by atoms with E-state index >= 15 is 0 Å². The van der Waals surface area contributed by atoms with Crippen molar-refractivity contribution >= 4 is 17.8 Å². The molecule has 1 unspecified atom stereocenters. The van der Waals surface area contributed by atoms with Crippen molar-refractivity contribution in [2.75, 3.05) is 13.1 Å². The Bertz CT molecular complexity index is 988. The second-order valence-electron chi connectivity index (χ2n) is 8.34. The van der Waals surface area contributed by atoms with Crippen LogP contribution in [0.1, 0.15) is 49.3 Å². The van der Waals surface area contributed by atoms with Crippen LogP contribution in [0.4, 0.5) is 4.79 Å². The van der Waals surface area contributed by atoms with E-state index in [1.54, 1.807) is 4.90 Å². The summed E-state index contributed by atoms with van der Waals surface area (Å²) < 4.78 is 0. The van der Waals surface area contributed by atoms with Gasteiger partial charge in [0.2, 0.25) is 5.91 Å². The highest BCUT2D eigenvalue weighted by Gasteiger charge is 2.46. The molecule has 1 heterocycles. The van der Waals surface area contributed by atoms with Gasteiger partial charge in [-0.25, -0.2) is 4.79 Å². The summed E-state index contributed by atoms with van der Waals surface area (Å²) >= 11 is 0. The van der Waals surface area contributed by atoms with E-state index in [1.807, 2.05) is 60.7 Å². The molecule has 2 aromatic rings. The molecule has 0 aromatic heterocycles. The second kappa shape index (κ2) is 10.3. The Morgan fingerprint density at radius 1 is 0.969 bits per heavy atom. The first-order valence-electron chi connectivity index (χ1n) is 11.3. The Kier molecular flexibility index (Phi) is 7.00. The highest BCUT2D eigenvalue weighted by atomic mass is 16.2. The molecular weight excluding hydrogens is 402 g/mol. The van der Waals surface area contributed by atoms with Gasteiger partial charge >= 0.3 is 6.03 Å². The number of rotatable bonds is 8. The van der Waals surface area contributed by atoms with Crippen LogP contribution in [0.25, 0.3) is 0 Å². The molecule has 1 aliphatic heterocycles. The Hall–Kier alpha value is -3.41. The van der Waals surface area contributed by atoms with Crippen LogP contribution in [0.15, 0.2) is 72.3 Å². The molecule has 4 amide bonds. The zero-order chi connectivity index (χ0) is 22.3. The normalized spacial score (nSPS) is 18.6. The summed E-state index contributed by atoms with van der Waals surface area (Å²) in [6.45, 7) is 0.569. The van der Waals surface area contributed by atoms with Gasteiger partial charge < -0.3 is 10.2 Å². The van der Waals surface area contributed by atoms with Crippen LogP contribution in [0.3, 0.4) is 0 Å². The Morgan fingerprint density at radius 2 is 1.69 bits per heavy atom. The third kappa shape index (κ3) is 5.07. The number of urea groups is 1. The number of amides is 4. The fraction of sp³-hybridized carbons (Fsp3) is 0.346. The molecule has 1 aliphatic carbocycles. The number of nitrogens with one attached hydrogen (secondary N) is 1. The molecule has 6 nitrogen and oxygen atoms in total. The molecule has 32 heavy (non-hydrogen) atoms. The molecule has 1 atom stereocenters. The highest BCUT2D eigenvalue weighted by Crippen LogP contribution is 2.32. The molecule has 0 radical (unpaired) electrons. The molecule has 1 N–H and O–H groups in total. The average molecular weight is 432 g/mol. The molecule has 4 rings (SSSR count). The smallest absolute Gasteiger partial charge is 0.328 e. The highest BCUT2D eigenvalue weighted by molar-refractivity contribution is 6.06. The van der Waals surface area contributed by atoms with Crippen molar-refractivity contribution in [2.24, 2.45) is 0 Å². The van der Waals surface area contributed by atoms with Crippen molar-refractivity contribution in [1.29, 1.82) is 0 Å². The number of imide groups is 1. The molecule has 0 spiro atoms. The summed E-state index contributed by atoms with van der Waals surface area (Å²) in [5, 5.41) is 2.87. The third-order valence-electron chi connectivity index (χ3n) is 6.05. The van der Waals surface area contributed by atoms with Gasteiger partial charge in [0.25, 0.3) is 5.91 Å². The Labute approximate surface area is 188 Å². The van der Waals surface area contributed by atoms with Crippen LogP contribution in [-0.4, -0.2) is 40.7 Å². The maximum atomic E-state index is 13.2. The number of benzene rings is 2. The van der Waals surface area contributed by atoms with Crippen LogP contribution >= 0.6 is 0 Å². The lowest BCUT2D eigenvalue weighted by Gasteiger charge is -2.22. The summed E-state index contributed by atoms with van der Waals surface area (Å²) in [6.07, 6.45) is 7.71. The summed E-state index contributed by atoms with van der Waals surface area (Å²) in [5.41, 5.74) is 3.05. The minimum Gasteiger partial charge on any atom is -0.354 e. The summed E-state index contributed by atoms with van der Waals surface area (Å²) in [7, 11) is 0. The Balaban J connectivity index is 1.44. The van der Waals surface area contributed by atoms with Crippen LogP contribution in [0.2, 0.25) is 0 Å². The first-order valence-corrected chi connectivity index (χ1v) is 11.3. The van der Waals surface area contributed by atoms with Gasteiger partial charge in [-0.05, 0) is 43.2 Å². The minimum atomic E-state index is -0.732. The molecule has 0 bridgehead atoms. The molecular formula is C26H29N3O3. The third-order valence-corrected chi connectivity index (χ3v) is 6.05. The van der Waals surface area contributed by atoms with Crippen LogP contribution in [0, 0.1) is 0 Å². The first kappa shape index (κ1) is 21.8. The zero-order valence-electron chi connectivity index (χ0n) is 18.2. The second-order valence-corrected chi connectivity index (χ2v) is 8.34. The van der Waals surface area contributed by atoms with E-state index in [1.165, 1.54) is 18.4 Å². The van der Waals surface area contributed by atoms with Gasteiger partial charge in [-0.15, -0.1) is 0 Å². The van der Waals surface area contributed by atoms with E-state index in [-0.39, 0.29) is 18.4 Å². The summed E-state index contributed by atoms with van der Waals surface area (Å²) in [5.74, 6) is -0.668.